The molecular weight excluding hydrogens is 582 g/mol. The summed E-state index contributed by atoms with van der Waals surface area (Å²) in [6, 6.07) is 14.0. The molecule has 1 amide bonds. The Labute approximate surface area is 273 Å². The Morgan fingerprint density at radius 3 is 2.50 bits per heavy atom. The van der Waals surface area contributed by atoms with Crippen molar-refractivity contribution in [3.05, 3.63) is 53.6 Å². The Hall–Kier alpha value is -3.56. The molecule has 1 aromatic heterocycles. The molecule has 9 heteroatoms. The summed E-state index contributed by atoms with van der Waals surface area (Å²) in [6.07, 6.45) is 6.81. The fourth-order valence-corrected chi connectivity index (χ4v) is 6.91. The molecule has 0 bridgehead atoms. The SMILES string of the molecule is COC(=O)c1ccc2c(C3CCCCC3)c3n(c2c1)CC(O)(CCCN(C)CCN(C)C(=O)OC(C)(C)C)COc1ccccc1-3. The first-order valence-corrected chi connectivity index (χ1v) is 16.7. The third kappa shape index (κ3) is 7.69. The van der Waals surface area contributed by atoms with Crippen molar-refractivity contribution in [1.29, 1.82) is 0 Å². The van der Waals surface area contributed by atoms with Crippen LogP contribution in [0.4, 0.5) is 4.79 Å². The number of amides is 1. The molecule has 2 heterocycles. The lowest BCUT2D eigenvalue weighted by Crippen LogP contribution is -2.42. The highest BCUT2D eigenvalue weighted by atomic mass is 16.6. The minimum atomic E-state index is -1.15. The molecule has 5 rings (SSSR count). The Bertz CT molecular complexity index is 1540. The van der Waals surface area contributed by atoms with E-state index in [9.17, 15) is 14.7 Å². The maximum atomic E-state index is 12.6. The van der Waals surface area contributed by atoms with Gasteiger partial charge < -0.3 is 33.7 Å². The van der Waals surface area contributed by atoms with Gasteiger partial charge in [-0.05, 0) is 95.8 Å². The van der Waals surface area contributed by atoms with Crippen LogP contribution < -0.4 is 4.74 Å². The van der Waals surface area contributed by atoms with Crippen molar-refractivity contribution in [3.8, 4) is 17.0 Å². The first kappa shape index (κ1) is 33.8. The summed E-state index contributed by atoms with van der Waals surface area (Å²) >= 11 is 0. The number of aromatic nitrogens is 1. The van der Waals surface area contributed by atoms with E-state index in [0.717, 1.165) is 53.7 Å². The van der Waals surface area contributed by atoms with Gasteiger partial charge in [-0.15, -0.1) is 0 Å². The molecule has 1 fully saturated rings. The highest BCUT2D eigenvalue weighted by Gasteiger charge is 2.36. The Morgan fingerprint density at radius 1 is 1.04 bits per heavy atom. The van der Waals surface area contributed by atoms with Gasteiger partial charge in [0, 0.05) is 36.6 Å². The number of para-hydroxylation sites is 1. The maximum Gasteiger partial charge on any atom is 0.410 e. The molecule has 46 heavy (non-hydrogen) atoms. The van der Waals surface area contributed by atoms with E-state index in [0.29, 0.717) is 37.5 Å². The number of methoxy groups -OCH3 is 1. The van der Waals surface area contributed by atoms with Crippen LogP contribution in [0.25, 0.3) is 22.2 Å². The third-order valence-electron chi connectivity index (χ3n) is 9.33. The number of nitrogens with zero attached hydrogens (tertiary/aromatic N) is 3. The third-order valence-corrected chi connectivity index (χ3v) is 9.33. The van der Waals surface area contributed by atoms with Crippen LogP contribution in [-0.4, -0.2) is 90.2 Å². The van der Waals surface area contributed by atoms with E-state index < -0.39 is 11.2 Å². The number of fused-ring (bicyclic) bond motifs is 5. The van der Waals surface area contributed by atoms with E-state index >= 15 is 0 Å². The van der Waals surface area contributed by atoms with Crippen molar-refractivity contribution >= 4 is 23.0 Å². The Balaban J connectivity index is 1.42. The molecule has 1 N–H and O–H groups in total. The lowest BCUT2D eigenvalue weighted by molar-refractivity contribution is -0.0288. The monoisotopic (exact) mass is 633 g/mol. The zero-order chi connectivity index (χ0) is 33.1. The number of carbonyl (C=O) groups is 2. The average molecular weight is 634 g/mol. The lowest BCUT2D eigenvalue weighted by atomic mass is 9.81. The van der Waals surface area contributed by atoms with Crippen LogP contribution in [0.1, 0.15) is 87.6 Å². The number of hydrogen-bond acceptors (Lipinski definition) is 7. The van der Waals surface area contributed by atoms with Gasteiger partial charge >= 0.3 is 12.1 Å². The topological polar surface area (TPSA) is 93.5 Å². The Morgan fingerprint density at radius 2 is 1.78 bits per heavy atom. The first-order chi connectivity index (χ1) is 21.9. The van der Waals surface area contributed by atoms with Crippen LogP contribution in [0.3, 0.4) is 0 Å². The zero-order valence-electron chi connectivity index (χ0n) is 28.4. The quantitative estimate of drug-likeness (QED) is 0.258. The predicted octanol–water partition coefficient (Wildman–Crippen LogP) is 6.85. The van der Waals surface area contributed by atoms with E-state index in [-0.39, 0.29) is 18.7 Å². The van der Waals surface area contributed by atoms with E-state index in [1.54, 1.807) is 11.9 Å². The standard InChI is InChI=1S/C37H51N3O6/c1-36(2,3)46-35(42)39(5)22-21-38(4)20-12-19-37(43)24-40-30-23-27(34(41)44-6)17-18-28(30)32(26-13-8-7-9-14-26)33(40)29-15-10-11-16-31(29)45-25-37/h10-11,15-18,23,26,43H,7-9,12-14,19-22,24-25H2,1-6H3. The van der Waals surface area contributed by atoms with Crippen LogP contribution in [0, 0.1) is 0 Å². The summed E-state index contributed by atoms with van der Waals surface area (Å²) in [6.45, 7) is 8.07. The van der Waals surface area contributed by atoms with Crippen LogP contribution >= 0.6 is 0 Å². The normalized spacial score (nSPS) is 18.7. The molecule has 1 aliphatic carbocycles. The maximum absolute atomic E-state index is 12.6. The van der Waals surface area contributed by atoms with Crippen LogP contribution in [-0.2, 0) is 16.0 Å². The number of esters is 1. The number of hydrogen-bond donors (Lipinski definition) is 1. The highest BCUT2D eigenvalue weighted by molar-refractivity contribution is 5.99. The summed E-state index contributed by atoms with van der Waals surface area (Å²) in [5, 5.41) is 13.4. The van der Waals surface area contributed by atoms with E-state index in [1.807, 2.05) is 58.2 Å². The van der Waals surface area contributed by atoms with Gasteiger partial charge in [-0.1, -0.05) is 37.5 Å². The molecule has 3 aromatic rings. The summed E-state index contributed by atoms with van der Waals surface area (Å²) in [7, 11) is 5.18. The lowest BCUT2D eigenvalue weighted by Gasteiger charge is -2.34. The minimum absolute atomic E-state index is 0.156. The highest BCUT2D eigenvalue weighted by Crippen LogP contribution is 2.47. The molecule has 1 saturated carbocycles. The van der Waals surface area contributed by atoms with E-state index in [2.05, 4.69) is 21.6 Å². The molecule has 250 valence electrons. The van der Waals surface area contributed by atoms with Gasteiger partial charge in [-0.2, -0.15) is 0 Å². The number of carbonyl (C=O) groups excluding carboxylic acids is 2. The number of rotatable bonds is 9. The van der Waals surface area contributed by atoms with Gasteiger partial charge in [-0.3, -0.25) is 0 Å². The average Bonchev–Trinajstić information content (AvgIpc) is 3.33. The summed E-state index contributed by atoms with van der Waals surface area (Å²) in [4.78, 5) is 28.8. The molecule has 2 aromatic carbocycles. The molecular formula is C37H51N3O6. The number of ether oxygens (including phenoxy) is 3. The molecule has 1 atom stereocenters. The predicted molar refractivity (Wildman–Crippen MR) is 181 cm³/mol. The van der Waals surface area contributed by atoms with E-state index in [1.165, 1.54) is 31.9 Å². The van der Waals surface area contributed by atoms with Gasteiger partial charge in [0.2, 0.25) is 0 Å². The number of likely N-dealkylation sites (N-methyl/N-ethyl adjacent to an activating group) is 2. The number of benzene rings is 2. The molecule has 2 aliphatic rings. The van der Waals surface area contributed by atoms with Crippen molar-refractivity contribution in [1.82, 2.24) is 14.4 Å². The summed E-state index contributed by atoms with van der Waals surface area (Å²) < 4.78 is 19.2. The van der Waals surface area contributed by atoms with E-state index in [4.69, 9.17) is 14.2 Å². The van der Waals surface area contributed by atoms with Crippen molar-refractivity contribution in [2.45, 2.75) is 89.4 Å². The first-order valence-electron chi connectivity index (χ1n) is 16.7. The second kappa shape index (κ2) is 14.1. The van der Waals surface area contributed by atoms with Crippen LogP contribution in [0.2, 0.25) is 0 Å². The molecule has 0 radical (unpaired) electrons. The van der Waals surface area contributed by atoms with Crippen LogP contribution in [0.5, 0.6) is 5.75 Å². The van der Waals surface area contributed by atoms with Gasteiger partial charge in [0.1, 0.15) is 23.6 Å². The summed E-state index contributed by atoms with van der Waals surface area (Å²) in [5.74, 6) is 0.781. The van der Waals surface area contributed by atoms with Crippen LogP contribution in [0.15, 0.2) is 42.5 Å². The van der Waals surface area contributed by atoms with Crippen molar-refractivity contribution < 1.29 is 28.9 Å². The Kier molecular flexibility index (Phi) is 10.3. The van der Waals surface area contributed by atoms with Crippen molar-refractivity contribution in [2.24, 2.45) is 0 Å². The second-order valence-electron chi connectivity index (χ2n) is 14.2. The van der Waals surface area contributed by atoms with Gasteiger partial charge in [-0.25, -0.2) is 9.59 Å². The molecule has 9 nitrogen and oxygen atoms in total. The van der Waals surface area contributed by atoms with Crippen molar-refractivity contribution in [2.75, 3.05) is 47.4 Å². The molecule has 0 saturated heterocycles. The smallest absolute Gasteiger partial charge is 0.410 e. The number of aliphatic hydroxyl groups is 1. The largest absolute Gasteiger partial charge is 0.490 e. The van der Waals surface area contributed by atoms with Gasteiger partial charge in [0.05, 0.1) is 24.9 Å². The zero-order valence-corrected chi connectivity index (χ0v) is 28.4. The summed E-state index contributed by atoms with van der Waals surface area (Å²) in [5.41, 5.74) is 3.16. The fourth-order valence-electron chi connectivity index (χ4n) is 6.91. The van der Waals surface area contributed by atoms with Gasteiger partial charge in [0.25, 0.3) is 0 Å². The fraction of sp³-hybridized carbons (Fsp3) is 0.568. The molecule has 1 aliphatic heterocycles. The molecule has 0 spiro atoms. The van der Waals surface area contributed by atoms with Crippen molar-refractivity contribution in [3.63, 3.8) is 0 Å². The second-order valence-corrected chi connectivity index (χ2v) is 14.2. The minimum Gasteiger partial charge on any atom is -0.490 e. The van der Waals surface area contributed by atoms with Gasteiger partial charge in [0.15, 0.2) is 0 Å². The molecule has 1 unspecified atom stereocenters.